The van der Waals surface area contributed by atoms with E-state index in [1.807, 2.05) is 0 Å². The number of hydrogen-bond donors (Lipinski definition) is 1. The van der Waals surface area contributed by atoms with Crippen LogP contribution >= 0.6 is 23.2 Å². The van der Waals surface area contributed by atoms with Gasteiger partial charge in [-0.05, 0) is 0 Å². The molecule has 0 spiro atoms. The zero-order valence-corrected chi connectivity index (χ0v) is 6.32. The maximum atomic E-state index is 10.3. The molecule has 1 aliphatic carbocycles. The van der Waals surface area contributed by atoms with Gasteiger partial charge < -0.3 is 9.90 Å². The molecule has 0 heterocycles. The van der Waals surface area contributed by atoms with Crippen LogP contribution < -0.4 is 0 Å². The number of carboxylic acids is 1. The van der Waals surface area contributed by atoms with Crippen LogP contribution in [0.3, 0.4) is 0 Å². The van der Waals surface area contributed by atoms with Crippen molar-refractivity contribution in [1.82, 2.24) is 0 Å². The quantitative estimate of drug-likeness (QED) is 0.392. The lowest BCUT2D eigenvalue weighted by atomic mass is 10.1. The maximum Gasteiger partial charge on any atom is 0.320 e. The van der Waals surface area contributed by atoms with Crippen molar-refractivity contribution in [3.05, 3.63) is 0 Å². The highest BCUT2D eigenvalue weighted by Crippen LogP contribution is 2.62. The van der Waals surface area contributed by atoms with E-state index in [2.05, 4.69) is 0 Å². The molecule has 1 rings (SSSR count). The highest BCUT2D eigenvalue weighted by atomic mass is 35.5. The van der Waals surface area contributed by atoms with Gasteiger partial charge in [0.05, 0.1) is 0 Å². The Kier molecular flexibility index (Phi) is 1.45. The maximum absolute atomic E-state index is 10.3. The first-order chi connectivity index (χ1) is 4.46. The molecule has 1 aliphatic rings. The molecule has 0 aliphatic heterocycles. The van der Waals surface area contributed by atoms with Crippen LogP contribution in [0, 0.1) is 5.41 Å². The van der Waals surface area contributed by atoms with Crippen molar-refractivity contribution in [2.75, 3.05) is 0 Å². The molecule has 0 saturated heterocycles. The van der Waals surface area contributed by atoms with E-state index in [1.165, 1.54) is 0 Å². The highest BCUT2D eigenvalue weighted by molar-refractivity contribution is 6.54. The standard InChI is InChI=1S/C5H4Cl2O3/c6-5(7)1-4(5,2-8)3(9)10/h2H,1H2,(H,9,10). The topological polar surface area (TPSA) is 54.4 Å². The monoisotopic (exact) mass is 182 g/mol. The zero-order chi connectivity index (χ0) is 7.99. The minimum Gasteiger partial charge on any atom is -0.480 e. The molecule has 1 atom stereocenters. The van der Waals surface area contributed by atoms with Gasteiger partial charge in [0.15, 0.2) is 5.41 Å². The van der Waals surface area contributed by atoms with Crippen molar-refractivity contribution >= 4 is 35.5 Å². The van der Waals surface area contributed by atoms with E-state index in [0.717, 1.165) is 0 Å². The second kappa shape index (κ2) is 1.86. The molecule has 0 aromatic heterocycles. The van der Waals surface area contributed by atoms with Gasteiger partial charge in [-0.3, -0.25) is 4.79 Å². The van der Waals surface area contributed by atoms with Crippen LogP contribution in [0.5, 0.6) is 0 Å². The predicted octanol–water partition coefficient (Wildman–Crippen LogP) is 0.834. The molecule has 0 aromatic rings. The summed E-state index contributed by atoms with van der Waals surface area (Å²) < 4.78 is -1.39. The molecule has 1 saturated carbocycles. The fraction of sp³-hybridized carbons (Fsp3) is 0.600. The number of rotatable bonds is 2. The minimum atomic E-state index is -1.55. The largest absolute Gasteiger partial charge is 0.480 e. The van der Waals surface area contributed by atoms with Gasteiger partial charge in [-0.25, -0.2) is 0 Å². The molecule has 1 unspecified atom stereocenters. The number of carbonyl (C=O) groups excluding carboxylic acids is 1. The molecular formula is C5H4Cl2O3. The SMILES string of the molecule is O=CC1(C(=O)O)CC1(Cl)Cl. The Hall–Kier alpha value is -0.280. The van der Waals surface area contributed by atoms with Crippen LogP contribution in [0.25, 0.3) is 0 Å². The summed E-state index contributed by atoms with van der Waals surface area (Å²) in [7, 11) is 0. The lowest BCUT2D eigenvalue weighted by molar-refractivity contribution is -0.145. The van der Waals surface area contributed by atoms with Gasteiger partial charge in [-0.2, -0.15) is 0 Å². The summed E-state index contributed by atoms with van der Waals surface area (Å²) >= 11 is 10.8. The number of aldehydes is 1. The summed E-state index contributed by atoms with van der Waals surface area (Å²) in [6.07, 6.45) is 0.289. The second-order valence-corrected chi connectivity index (χ2v) is 3.76. The Balaban J connectivity index is 2.88. The molecular weight excluding hydrogens is 179 g/mol. The van der Waals surface area contributed by atoms with Crippen LogP contribution in [0.1, 0.15) is 6.42 Å². The van der Waals surface area contributed by atoms with E-state index in [-0.39, 0.29) is 12.7 Å². The van der Waals surface area contributed by atoms with Gasteiger partial charge in [0.2, 0.25) is 0 Å². The molecule has 0 amide bonds. The average molecular weight is 183 g/mol. The van der Waals surface area contributed by atoms with Crippen LogP contribution in [0.15, 0.2) is 0 Å². The first-order valence-electron chi connectivity index (χ1n) is 2.54. The van der Waals surface area contributed by atoms with Crippen LogP contribution in [0.4, 0.5) is 0 Å². The Morgan fingerprint density at radius 2 is 2.00 bits per heavy atom. The van der Waals surface area contributed by atoms with Crippen LogP contribution in [-0.4, -0.2) is 21.7 Å². The summed E-state index contributed by atoms with van der Waals surface area (Å²) in [5, 5.41) is 8.44. The highest BCUT2D eigenvalue weighted by Gasteiger charge is 2.72. The van der Waals surface area contributed by atoms with Crippen molar-refractivity contribution < 1.29 is 14.7 Å². The Morgan fingerprint density at radius 1 is 1.60 bits per heavy atom. The third-order valence-corrected chi connectivity index (χ3v) is 2.55. The Labute approximate surface area is 66.9 Å². The molecule has 3 nitrogen and oxygen atoms in total. The van der Waals surface area contributed by atoms with Gasteiger partial charge in [-0.15, -0.1) is 0 Å². The Bertz CT molecular complexity index is 201. The van der Waals surface area contributed by atoms with Crippen molar-refractivity contribution in [3.8, 4) is 0 Å². The molecule has 56 valence electrons. The first kappa shape index (κ1) is 7.82. The fourth-order valence-electron chi connectivity index (χ4n) is 0.716. The van der Waals surface area contributed by atoms with Crippen molar-refractivity contribution in [1.29, 1.82) is 0 Å². The van der Waals surface area contributed by atoms with Gasteiger partial charge in [0, 0.05) is 6.42 Å². The van der Waals surface area contributed by atoms with Crippen molar-refractivity contribution in [2.45, 2.75) is 10.8 Å². The van der Waals surface area contributed by atoms with Crippen LogP contribution in [0.2, 0.25) is 0 Å². The number of carboxylic acid groups (broad SMARTS) is 1. The van der Waals surface area contributed by atoms with E-state index >= 15 is 0 Å². The first-order valence-corrected chi connectivity index (χ1v) is 3.29. The predicted molar refractivity (Wildman–Crippen MR) is 35.2 cm³/mol. The molecule has 0 radical (unpaired) electrons. The summed E-state index contributed by atoms with van der Waals surface area (Å²) in [5.74, 6) is -1.26. The van der Waals surface area contributed by atoms with Crippen molar-refractivity contribution in [3.63, 3.8) is 0 Å². The third kappa shape index (κ3) is 0.739. The third-order valence-electron chi connectivity index (χ3n) is 1.61. The summed E-state index contributed by atoms with van der Waals surface area (Å²) in [6.45, 7) is 0. The summed E-state index contributed by atoms with van der Waals surface area (Å²) in [5.41, 5.74) is -1.55. The average Bonchev–Trinajstić information content (AvgIpc) is 2.35. The number of carbonyl (C=O) groups is 2. The van der Waals surface area contributed by atoms with Crippen molar-refractivity contribution in [2.24, 2.45) is 5.41 Å². The van der Waals surface area contributed by atoms with Gasteiger partial charge in [0.25, 0.3) is 0 Å². The molecule has 1 N–H and O–H groups in total. The zero-order valence-electron chi connectivity index (χ0n) is 4.80. The summed E-state index contributed by atoms with van der Waals surface area (Å²) in [6, 6.07) is 0. The molecule has 10 heavy (non-hydrogen) atoms. The van der Waals surface area contributed by atoms with E-state index in [0.29, 0.717) is 0 Å². The molecule has 0 aromatic carbocycles. The van der Waals surface area contributed by atoms with Gasteiger partial charge >= 0.3 is 5.97 Å². The van der Waals surface area contributed by atoms with Gasteiger partial charge in [-0.1, -0.05) is 23.2 Å². The fourth-order valence-corrected chi connectivity index (χ4v) is 1.39. The van der Waals surface area contributed by atoms with Crippen LogP contribution in [-0.2, 0) is 9.59 Å². The van der Waals surface area contributed by atoms with E-state index in [4.69, 9.17) is 28.3 Å². The normalized spacial score (nSPS) is 35.0. The van der Waals surface area contributed by atoms with Gasteiger partial charge in [0.1, 0.15) is 10.6 Å². The number of hydrogen-bond acceptors (Lipinski definition) is 2. The number of aliphatic carboxylic acids is 1. The number of halogens is 2. The lowest BCUT2D eigenvalue weighted by Gasteiger charge is -2.01. The minimum absolute atomic E-state index is 0.00193. The Morgan fingerprint density at radius 3 is 2.00 bits per heavy atom. The van der Waals surface area contributed by atoms with E-state index in [9.17, 15) is 9.59 Å². The smallest absolute Gasteiger partial charge is 0.320 e. The van der Waals surface area contributed by atoms with E-state index in [1.54, 1.807) is 0 Å². The lowest BCUT2D eigenvalue weighted by Crippen LogP contribution is -2.22. The van der Waals surface area contributed by atoms with E-state index < -0.39 is 15.7 Å². The molecule has 0 bridgehead atoms. The molecule has 1 fully saturated rings. The summed E-state index contributed by atoms with van der Waals surface area (Å²) in [4.78, 5) is 20.5. The molecule has 5 heteroatoms. The number of alkyl halides is 2. The second-order valence-electron chi connectivity index (χ2n) is 2.28.